The van der Waals surface area contributed by atoms with Gasteiger partial charge in [-0.3, -0.25) is 9.69 Å². The summed E-state index contributed by atoms with van der Waals surface area (Å²) in [7, 11) is 0. The Bertz CT molecular complexity index is 1330. The SMILES string of the molecule is Cc1cc(C)nc(-n2nc(C)c3c2N(Cc2ccccc2)C(=O)CC3c2ccccc2Cl)n1. The molecule has 166 valence electrons. The predicted molar refractivity (Wildman–Crippen MR) is 129 cm³/mol. The molecule has 0 aliphatic carbocycles. The highest BCUT2D eigenvalue weighted by Gasteiger charge is 2.39. The molecule has 0 spiro atoms. The van der Waals surface area contributed by atoms with Gasteiger partial charge < -0.3 is 0 Å². The second kappa shape index (κ2) is 8.45. The first-order valence-electron chi connectivity index (χ1n) is 10.9. The van der Waals surface area contributed by atoms with Crippen LogP contribution in [-0.4, -0.2) is 25.7 Å². The van der Waals surface area contributed by atoms with Crippen molar-refractivity contribution < 1.29 is 4.79 Å². The van der Waals surface area contributed by atoms with E-state index < -0.39 is 0 Å². The maximum absolute atomic E-state index is 13.6. The molecule has 33 heavy (non-hydrogen) atoms. The van der Waals surface area contributed by atoms with Crippen molar-refractivity contribution in [3.05, 3.63) is 99.5 Å². The molecule has 0 N–H and O–H groups in total. The Morgan fingerprint density at radius 3 is 2.33 bits per heavy atom. The number of carbonyl (C=O) groups excluding carboxylic acids is 1. The van der Waals surface area contributed by atoms with E-state index in [4.69, 9.17) is 16.7 Å². The number of carbonyl (C=O) groups is 1. The second-order valence-corrected chi connectivity index (χ2v) is 8.84. The lowest BCUT2D eigenvalue weighted by Crippen LogP contribution is -2.38. The molecule has 1 aliphatic heterocycles. The molecule has 7 heteroatoms. The van der Waals surface area contributed by atoms with Gasteiger partial charge in [-0.15, -0.1) is 0 Å². The number of hydrogen-bond acceptors (Lipinski definition) is 4. The molecule has 5 rings (SSSR count). The van der Waals surface area contributed by atoms with Crippen molar-refractivity contribution in [2.24, 2.45) is 0 Å². The molecule has 2 aromatic carbocycles. The van der Waals surface area contributed by atoms with Crippen LogP contribution in [0, 0.1) is 20.8 Å². The molecule has 0 fully saturated rings. The van der Waals surface area contributed by atoms with Gasteiger partial charge in [-0.05, 0) is 44.0 Å². The number of nitrogens with zero attached hydrogens (tertiary/aromatic N) is 5. The lowest BCUT2D eigenvalue weighted by atomic mass is 9.85. The monoisotopic (exact) mass is 457 g/mol. The zero-order valence-electron chi connectivity index (χ0n) is 18.8. The van der Waals surface area contributed by atoms with E-state index in [0.29, 0.717) is 29.8 Å². The third-order valence-corrected chi connectivity index (χ3v) is 6.33. The fourth-order valence-electron chi connectivity index (χ4n) is 4.59. The molecular weight excluding hydrogens is 434 g/mol. The topological polar surface area (TPSA) is 63.9 Å². The van der Waals surface area contributed by atoms with Gasteiger partial charge in [0.2, 0.25) is 5.91 Å². The Morgan fingerprint density at radius 2 is 1.64 bits per heavy atom. The molecule has 1 amide bonds. The van der Waals surface area contributed by atoms with Crippen LogP contribution in [0.25, 0.3) is 5.95 Å². The largest absolute Gasteiger partial charge is 0.292 e. The summed E-state index contributed by atoms with van der Waals surface area (Å²) in [6, 6.07) is 19.6. The van der Waals surface area contributed by atoms with Crippen LogP contribution in [0.5, 0.6) is 0 Å². The van der Waals surface area contributed by atoms with Crippen LogP contribution in [-0.2, 0) is 11.3 Å². The number of aryl methyl sites for hydroxylation is 3. The van der Waals surface area contributed by atoms with Gasteiger partial charge in [0, 0.05) is 34.3 Å². The molecule has 6 nitrogen and oxygen atoms in total. The Kier molecular flexibility index (Phi) is 5.46. The van der Waals surface area contributed by atoms with Crippen LogP contribution < -0.4 is 4.90 Å². The van der Waals surface area contributed by atoms with E-state index in [1.54, 1.807) is 9.58 Å². The van der Waals surface area contributed by atoms with Gasteiger partial charge in [0.1, 0.15) is 5.82 Å². The summed E-state index contributed by atoms with van der Waals surface area (Å²) < 4.78 is 1.72. The number of halogens is 1. The molecule has 0 saturated heterocycles. The van der Waals surface area contributed by atoms with Crippen molar-refractivity contribution in [1.82, 2.24) is 19.7 Å². The smallest absolute Gasteiger partial charge is 0.252 e. The third-order valence-electron chi connectivity index (χ3n) is 5.99. The van der Waals surface area contributed by atoms with Crippen LogP contribution in [0.15, 0.2) is 60.7 Å². The fourth-order valence-corrected chi connectivity index (χ4v) is 4.86. The van der Waals surface area contributed by atoms with Crippen LogP contribution in [0.1, 0.15) is 46.1 Å². The van der Waals surface area contributed by atoms with E-state index in [-0.39, 0.29) is 11.8 Å². The maximum atomic E-state index is 13.6. The van der Waals surface area contributed by atoms with E-state index in [9.17, 15) is 4.79 Å². The average Bonchev–Trinajstić information content (AvgIpc) is 3.13. The first-order chi connectivity index (χ1) is 15.9. The van der Waals surface area contributed by atoms with E-state index >= 15 is 0 Å². The summed E-state index contributed by atoms with van der Waals surface area (Å²) in [5.41, 5.74) is 5.49. The van der Waals surface area contributed by atoms with Gasteiger partial charge in [0.25, 0.3) is 5.95 Å². The molecular formula is C26H24ClN5O. The minimum absolute atomic E-state index is 0.0156. The number of benzene rings is 2. The van der Waals surface area contributed by atoms with Gasteiger partial charge in [-0.25, -0.2) is 9.97 Å². The highest BCUT2D eigenvalue weighted by Crippen LogP contribution is 2.44. The van der Waals surface area contributed by atoms with Crippen molar-refractivity contribution in [2.75, 3.05) is 4.90 Å². The number of anilines is 1. The van der Waals surface area contributed by atoms with Crippen molar-refractivity contribution in [3.63, 3.8) is 0 Å². The standard InChI is InChI=1S/C26H24ClN5O/c1-16-13-17(2)29-26(28-16)32-25-24(18(3)30-32)21(20-11-7-8-12-22(20)27)14-23(33)31(25)15-19-9-5-4-6-10-19/h4-13,21H,14-15H2,1-3H3. The Morgan fingerprint density at radius 1 is 0.970 bits per heavy atom. The lowest BCUT2D eigenvalue weighted by Gasteiger charge is -2.33. The van der Waals surface area contributed by atoms with Crippen molar-refractivity contribution in [2.45, 2.75) is 39.7 Å². The Balaban J connectivity index is 1.73. The number of aromatic nitrogens is 4. The van der Waals surface area contributed by atoms with Crippen LogP contribution >= 0.6 is 11.6 Å². The summed E-state index contributed by atoms with van der Waals surface area (Å²) in [6.07, 6.45) is 0.323. The molecule has 0 radical (unpaired) electrons. The van der Waals surface area contributed by atoms with Crippen LogP contribution in [0.3, 0.4) is 0 Å². The molecule has 3 heterocycles. The Hall–Kier alpha value is -3.51. The fraction of sp³-hybridized carbons (Fsp3) is 0.231. The first-order valence-corrected chi connectivity index (χ1v) is 11.3. The third kappa shape index (κ3) is 3.91. The summed E-state index contributed by atoms with van der Waals surface area (Å²) >= 11 is 6.58. The van der Waals surface area contributed by atoms with E-state index in [1.165, 1.54) is 0 Å². The first kappa shape index (κ1) is 21.3. The minimum Gasteiger partial charge on any atom is -0.292 e. The van der Waals surface area contributed by atoms with Gasteiger partial charge in [0.05, 0.1) is 12.2 Å². The van der Waals surface area contributed by atoms with Gasteiger partial charge in [-0.1, -0.05) is 60.1 Å². The normalized spacial score (nSPS) is 15.6. The summed E-state index contributed by atoms with van der Waals surface area (Å²) in [4.78, 5) is 24.7. The second-order valence-electron chi connectivity index (χ2n) is 8.43. The number of fused-ring (bicyclic) bond motifs is 1. The van der Waals surface area contributed by atoms with Crippen molar-refractivity contribution in [1.29, 1.82) is 0 Å². The molecule has 1 aliphatic rings. The number of amides is 1. The van der Waals surface area contributed by atoms with Gasteiger partial charge >= 0.3 is 0 Å². The summed E-state index contributed by atoms with van der Waals surface area (Å²) in [6.45, 7) is 6.27. The van der Waals surface area contributed by atoms with E-state index in [2.05, 4.69) is 9.97 Å². The number of rotatable bonds is 4. The van der Waals surface area contributed by atoms with Crippen LogP contribution in [0.4, 0.5) is 5.82 Å². The van der Waals surface area contributed by atoms with Gasteiger partial charge in [0.15, 0.2) is 0 Å². The summed E-state index contributed by atoms with van der Waals surface area (Å²) in [5.74, 6) is 1.000. The van der Waals surface area contributed by atoms with E-state index in [1.807, 2.05) is 81.4 Å². The minimum atomic E-state index is -0.187. The quantitative estimate of drug-likeness (QED) is 0.416. The Labute approximate surface area is 197 Å². The molecule has 1 atom stereocenters. The van der Waals surface area contributed by atoms with Crippen molar-refractivity contribution in [3.8, 4) is 5.95 Å². The highest BCUT2D eigenvalue weighted by molar-refractivity contribution is 6.31. The number of hydrogen-bond donors (Lipinski definition) is 0. The zero-order chi connectivity index (χ0) is 23.1. The molecule has 2 aromatic heterocycles. The van der Waals surface area contributed by atoms with Crippen LogP contribution in [0.2, 0.25) is 5.02 Å². The van der Waals surface area contributed by atoms with E-state index in [0.717, 1.165) is 33.8 Å². The molecule has 0 saturated carbocycles. The maximum Gasteiger partial charge on any atom is 0.252 e. The zero-order valence-corrected chi connectivity index (χ0v) is 19.5. The molecule has 4 aromatic rings. The molecule has 0 bridgehead atoms. The highest BCUT2D eigenvalue weighted by atomic mass is 35.5. The predicted octanol–water partition coefficient (Wildman–Crippen LogP) is 5.31. The van der Waals surface area contributed by atoms with Crippen molar-refractivity contribution >= 4 is 23.3 Å². The summed E-state index contributed by atoms with van der Waals surface area (Å²) in [5, 5.41) is 5.48. The lowest BCUT2D eigenvalue weighted by molar-refractivity contribution is -0.119. The molecule has 1 unspecified atom stereocenters. The average molecular weight is 458 g/mol. The van der Waals surface area contributed by atoms with Gasteiger partial charge in [-0.2, -0.15) is 9.78 Å².